The van der Waals surface area contributed by atoms with Gasteiger partial charge in [0.05, 0.1) is 6.10 Å². The molecule has 0 saturated carbocycles. The van der Waals surface area contributed by atoms with Crippen LogP contribution in [0.4, 0.5) is 0 Å². The Bertz CT molecular complexity index is 465. The summed E-state index contributed by atoms with van der Waals surface area (Å²) >= 11 is 1.11. The third-order valence-electron chi connectivity index (χ3n) is 2.65. The Balaban J connectivity index is 2.73. The smallest absolute Gasteiger partial charge is 0.185 e. The molecule has 1 rings (SSSR count). The van der Waals surface area contributed by atoms with E-state index in [2.05, 4.69) is 0 Å². The maximum Gasteiger partial charge on any atom is 0.185 e. The van der Waals surface area contributed by atoms with Gasteiger partial charge in [-0.3, -0.25) is 10.2 Å². The summed E-state index contributed by atoms with van der Waals surface area (Å²) in [6.45, 7) is 1.46. The number of benzene rings is 1. The molecule has 0 aliphatic carbocycles. The molecule has 0 aliphatic rings. The van der Waals surface area contributed by atoms with E-state index in [1.54, 1.807) is 24.3 Å². The van der Waals surface area contributed by atoms with E-state index in [0.717, 1.165) is 11.8 Å². The predicted octanol–water partition coefficient (Wildman–Crippen LogP) is 1.03. The average molecular weight is 282 g/mol. The second kappa shape index (κ2) is 7.28. The third-order valence-corrected chi connectivity index (χ3v) is 3.50. The second-order valence-corrected chi connectivity index (χ2v) is 5.41. The van der Waals surface area contributed by atoms with Crippen molar-refractivity contribution in [3.63, 3.8) is 0 Å². The van der Waals surface area contributed by atoms with Gasteiger partial charge in [-0.25, -0.2) is 0 Å². The van der Waals surface area contributed by atoms with Gasteiger partial charge in [0.25, 0.3) is 0 Å². The molecule has 0 fully saturated rings. The fraction of sp³-hybridized carbons (Fsp3) is 0.385. The van der Waals surface area contributed by atoms with Crippen LogP contribution in [0.15, 0.2) is 24.3 Å². The minimum absolute atomic E-state index is 0.0224. The second-order valence-electron chi connectivity index (χ2n) is 4.14. The van der Waals surface area contributed by atoms with E-state index in [4.69, 9.17) is 11.1 Å². The summed E-state index contributed by atoms with van der Waals surface area (Å²) in [5.74, 6) is 0.287. The van der Waals surface area contributed by atoms with Gasteiger partial charge in [0, 0.05) is 18.2 Å². The molecule has 1 aromatic rings. The molecular formula is C13H18N2O3S. The number of rotatable bonds is 6. The Labute approximate surface area is 116 Å². The summed E-state index contributed by atoms with van der Waals surface area (Å²) in [5.41, 5.74) is 6.27. The van der Waals surface area contributed by atoms with Gasteiger partial charge in [-0.15, -0.1) is 0 Å². The fourth-order valence-corrected chi connectivity index (χ4v) is 2.34. The fourth-order valence-electron chi connectivity index (χ4n) is 1.69. The molecule has 2 atom stereocenters. The average Bonchev–Trinajstić information content (AvgIpc) is 2.37. The van der Waals surface area contributed by atoms with E-state index in [1.807, 2.05) is 0 Å². The Morgan fingerprint density at radius 2 is 2.05 bits per heavy atom. The molecule has 0 aromatic heterocycles. The number of nitrogen functional groups attached to an aromatic ring is 1. The van der Waals surface area contributed by atoms with E-state index >= 15 is 0 Å². The van der Waals surface area contributed by atoms with Crippen LogP contribution in [0.5, 0.6) is 0 Å². The molecule has 2 unspecified atom stereocenters. The molecule has 0 aliphatic heterocycles. The van der Waals surface area contributed by atoms with Crippen LogP contribution in [0, 0.1) is 5.41 Å². The van der Waals surface area contributed by atoms with Crippen molar-refractivity contribution < 1.29 is 15.0 Å². The highest BCUT2D eigenvalue weighted by Gasteiger charge is 2.21. The summed E-state index contributed by atoms with van der Waals surface area (Å²) in [6.07, 6.45) is -1.82. The zero-order valence-electron chi connectivity index (χ0n) is 10.7. The number of hydrogen-bond donors (Lipinski definition) is 4. The Kier molecular flexibility index (Phi) is 6.01. The normalized spacial score (nSPS) is 13.8. The number of hydrogen-bond acceptors (Lipinski definition) is 5. The number of aliphatic hydroxyl groups excluding tert-OH is 2. The van der Waals surface area contributed by atoms with Crippen molar-refractivity contribution in [2.24, 2.45) is 5.73 Å². The summed E-state index contributed by atoms with van der Waals surface area (Å²) in [7, 11) is 0. The van der Waals surface area contributed by atoms with Gasteiger partial charge in [-0.05, 0) is 12.0 Å². The van der Waals surface area contributed by atoms with Crippen LogP contribution >= 0.6 is 11.8 Å². The topological polar surface area (TPSA) is 107 Å². The summed E-state index contributed by atoms with van der Waals surface area (Å²) in [5, 5.41) is 27.4. The largest absolute Gasteiger partial charge is 0.390 e. The van der Waals surface area contributed by atoms with E-state index < -0.39 is 12.2 Å². The molecule has 0 bridgehead atoms. The minimum Gasteiger partial charge on any atom is -0.390 e. The molecule has 0 amide bonds. The summed E-state index contributed by atoms with van der Waals surface area (Å²) < 4.78 is 0. The number of carbonyl (C=O) groups excluding carboxylic acids is 1. The highest BCUT2D eigenvalue weighted by Crippen LogP contribution is 2.23. The Hall–Kier alpha value is -1.37. The third kappa shape index (κ3) is 4.66. The van der Waals surface area contributed by atoms with Gasteiger partial charge in [-0.1, -0.05) is 36.0 Å². The maximum atomic E-state index is 10.8. The SMILES string of the molecule is CC(=O)SCCC(O)C(O)c1ccccc1C(=N)N. The first-order valence-corrected chi connectivity index (χ1v) is 6.85. The van der Waals surface area contributed by atoms with Crippen LogP contribution in [0.3, 0.4) is 0 Å². The highest BCUT2D eigenvalue weighted by atomic mass is 32.2. The molecule has 6 heteroatoms. The molecule has 19 heavy (non-hydrogen) atoms. The van der Waals surface area contributed by atoms with Crippen LogP contribution in [-0.2, 0) is 4.79 Å². The van der Waals surface area contributed by atoms with E-state index in [1.165, 1.54) is 6.92 Å². The zero-order valence-corrected chi connectivity index (χ0v) is 11.5. The standard InChI is InChI=1S/C13H18N2O3S/c1-8(16)19-7-6-11(17)12(18)9-4-2-3-5-10(9)13(14)15/h2-5,11-12,17-18H,6-7H2,1H3,(H3,14,15). The lowest BCUT2D eigenvalue weighted by Crippen LogP contribution is -2.23. The number of amidine groups is 1. The van der Waals surface area contributed by atoms with Gasteiger partial charge in [0.1, 0.15) is 11.9 Å². The molecule has 5 N–H and O–H groups in total. The first-order valence-electron chi connectivity index (χ1n) is 5.86. The van der Waals surface area contributed by atoms with Gasteiger partial charge < -0.3 is 15.9 Å². The Morgan fingerprint density at radius 3 is 2.63 bits per heavy atom. The van der Waals surface area contributed by atoms with Crippen molar-refractivity contribution in [3.05, 3.63) is 35.4 Å². The minimum atomic E-state index is -1.12. The van der Waals surface area contributed by atoms with Crippen molar-refractivity contribution in [2.45, 2.75) is 25.6 Å². The van der Waals surface area contributed by atoms with Crippen molar-refractivity contribution in [3.8, 4) is 0 Å². The first kappa shape index (κ1) is 15.7. The van der Waals surface area contributed by atoms with Crippen LogP contribution in [-0.4, -0.2) is 33.0 Å². The van der Waals surface area contributed by atoms with Gasteiger partial charge in [-0.2, -0.15) is 0 Å². The zero-order chi connectivity index (χ0) is 14.4. The van der Waals surface area contributed by atoms with Crippen LogP contribution in [0.1, 0.15) is 30.6 Å². The first-order chi connectivity index (χ1) is 8.93. The lowest BCUT2D eigenvalue weighted by molar-refractivity contribution is -0.109. The molecular weight excluding hydrogens is 264 g/mol. The number of nitrogens with one attached hydrogen (secondary N) is 1. The molecule has 0 heterocycles. The predicted molar refractivity (Wildman–Crippen MR) is 76.2 cm³/mol. The van der Waals surface area contributed by atoms with Gasteiger partial charge in [0.2, 0.25) is 0 Å². The molecule has 0 radical (unpaired) electrons. The quantitative estimate of drug-likeness (QED) is 0.460. The summed E-state index contributed by atoms with van der Waals surface area (Å²) in [4.78, 5) is 10.8. The van der Waals surface area contributed by atoms with Crippen molar-refractivity contribution in [1.82, 2.24) is 0 Å². The number of nitrogens with two attached hydrogens (primary N) is 1. The van der Waals surface area contributed by atoms with Gasteiger partial charge >= 0.3 is 0 Å². The molecule has 5 nitrogen and oxygen atoms in total. The van der Waals surface area contributed by atoms with E-state index in [9.17, 15) is 15.0 Å². The lowest BCUT2D eigenvalue weighted by atomic mass is 9.97. The van der Waals surface area contributed by atoms with Crippen LogP contribution in [0.25, 0.3) is 0 Å². The molecule has 0 spiro atoms. The number of thioether (sulfide) groups is 1. The van der Waals surface area contributed by atoms with Crippen molar-refractivity contribution in [1.29, 1.82) is 5.41 Å². The summed E-state index contributed by atoms with van der Waals surface area (Å²) in [6, 6.07) is 6.67. The van der Waals surface area contributed by atoms with Crippen LogP contribution < -0.4 is 5.73 Å². The van der Waals surface area contributed by atoms with Crippen LogP contribution in [0.2, 0.25) is 0 Å². The van der Waals surface area contributed by atoms with Crippen molar-refractivity contribution >= 4 is 22.7 Å². The number of aliphatic hydroxyl groups is 2. The molecule has 0 saturated heterocycles. The van der Waals surface area contributed by atoms with Gasteiger partial charge in [0.15, 0.2) is 5.12 Å². The lowest BCUT2D eigenvalue weighted by Gasteiger charge is -2.20. The monoisotopic (exact) mass is 282 g/mol. The van der Waals surface area contributed by atoms with E-state index in [0.29, 0.717) is 16.9 Å². The molecule has 104 valence electrons. The Morgan fingerprint density at radius 1 is 1.42 bits per heavy atom. The maximum absolute atomic E-state index is 10.8. The molecule has 1 aromatic carbocycles. The van der Waals surface area contributed by atoms with E-state index in [-0.39, 0.29) is 17.4 Å². The van der Waals surface area contributed by atoms with Crippen molar-refractivity contribution in [2.75, 3.05) is 5.75 Å². The highest BCUT2D eigenvalue weighted by molar-refractivity contribution is 8.13. The number of carbonyl (C=O) groups is 1.